The summed E-state index contributed by atoms with van der Waals surface area (Å²) in [6.45, 7) is 3.80. The van der Waals surface area contributed by atoms with Crippen molar-refractivity contribution in [3.63, 3.8) is 0 Å². The standard InChI is InChI=1S/C17H25N5O5S/c1-10-6-11(27-19-10)9-22-15(23)13-7-12(8-18-14(13)21(3)16(22)24)28(25,26)20-17(2)4-5-17/h6,12-14,18,20H,4-5,7-9H2,1-3H3. The number of aryl methyl sites for hydroxylation is 1. The lowest BCUT2D eigenvalue weighted by atomic mass is 9.91. The van der Waals surface area contributed by atoms with Crippen LogP contribution in [0.5, 0.6) is 0 Å². The maximum Gasteiger partial charge on any atom is 0.328 e. The minimum atomic E-state index is -3.57. The summed E-state index contributed by atoms with van der Waals surface area (Å²) in [6.07, 6.45) is 1.28. The van der Waals surface area contributed by atoms with E-state index in [1.54, 1.807) is 20.0 Å². The van der Waals surface area contributed by atoms with Crippen molar-refractivity contribution in [2.75, 3.05) is 13.6 Å². The van der Waals surface area contributed by atoms with Gasteiger partial charge in [0.15, 0.2) is 5.76 Å². The van der Waals surface area contributed by atoms with Gasteiger partial charge in [-0.1, -0.05) is 5.16 Å². The maximum atomic E-state index is 13.1. The molecule has 0 bridgehead atoms. The summed E-state index contributed by atoms with van der Waals surface area (Å²) in [5.41, 5.74) is 0.290. The van der Waals surface area contributed by atoms with Gasteiger partial charge in [-0.25, -0.2) is 17.9 Å². The molecule has 2 aliphatic heterocycles. The van der Waals surface area contributed by atoms with Gasteiger partial charge in [0.25, 0.3) is 0 Å². The van der Waals surface area contributed by atoms with Crippen molar-refractivity contribution in [2.45, 2.75) is 56.6 Å². The number of nitrogens with zero attached hydrogens (tertiary/aromatic N) is 3. The van der Waals surface area contributed by atoms with Crippen LogP contribution in [0.1, 0.15) is 37.6 Å². The highest BCUT2D eigenvalue weighted by atomic mass is 32.2. The summed E-state index contributed by atoms with van der Waals surface area (Å²) in [6, 6.07) is 1.22. The van der Waals surface area contributed by atoms with E-state index in [-0.39, 0.29) is 25.0 Å². The number of rotatable bonds is 5. The molecule has 11 heteroatoms. The van der Waals surface area contributed by atoms with Crippen molar-refractivity contribution in [1.29, 1.82) is 0 Å². The largest absolute Gasteiger partial charge is 0.359 e. The van der Waals surface area contributed by atoms with E-state index in [4.69, 9.17) is 4.52 Å². The SMILES string of the molecule is Cc1cc(CN2C(=O)C3CC(S(=O)(=O)NC4(C)CC4)CNC3N(C)C2=O)on1. The number of sulfonamides is 1. The molecule has 0 aromatic carbocycles. The van der Waals surface area contributed by atoms with Crippen LogP contribution in [0.25, 0.3) is 0 Å². The lowest BCUT2D eigenvalue weighted by Crippen LogP contribution is -2.68. The monoisotopic (exact) mass is 411 g/mol. The van der Waals surface area contributed by atoms with E-state index in [0.29, 0.717) is 11.5 Å². The topological polar surface area (TPSA) is 125 Å². The fourth-order valence-corrected chi connectivity index (χ4v) is 5.72. The molecule has 3 heterocycles. The summed E-state index contributed by atoms with van der Waals surface area (Å²) >= 11 is 0. The molecule has 3 fully saturated rings. The van der Waals surface area contributed by atoms with Gasteiger partial charge < -0.3 is 9.42 Å². The van der Waals surface area contributed by atoms with E-state index in [1.807, 2.05) is 6.92 Å². The number of hydrogen-bond acceptors (Lipinski definition) is 7. The maximum absolute atomic E-state index is 13.1. The molecule has 1 aliphatic carbocycles. The second-order valence-electron chi connectivity index (χ2n) is 8.28. The van der Waals surface area contributed by atoms with Crippen molar-refractivity contribution in [1.82, 2.24) is 25.0 Å². The third kappa shape index (κ3) is 3.42. The number of piperidine rings is 1. The lowest BCUT2D eigenvalue weighted by molar-refractivity contribution is -0.141. The third-order valence-corrected chi connectivity index (χ3v) is 7.82. The minimum absolute atomic E-state index is 0.0280. The zero-order valence-corrected chi connectivity index (χ0v) is 17.0. The van der Waals surface area contributed by atoms with Gasteiger partial charge >= 0.3 is 6.03 Å². The Morgan fingerprint density at radius 3 is 2.71 bits per heavy atom. The summed E-state index contributed by atoms with van der Waals surface area (Å²) in [7, 11) is -1.96. The number of carbonyl (C=O) groups is 2. The Morgan fingerprint density at radius 2 is 2.11 bits per heavy atom. The van der Waals surface area contributed by atoms with Crippen LogP contribution in [0.2, 0.25) is 0 Å². The summed E-state index contributed by atoms with van der Waals surface area (Å²) in [4.78, 5) is 28.3. The molecule has 1 saturated carbocycles. The van der Waals surface area contributed by atoms with E-state index in [0.717, 1.165) is 17.7 Å². The van der Waals surface area contributed by atoms with Gasteiger partial charge in [0, 0.05) is 25.2 Å². The highest BCUT2D eigenvalue weighted by Crippen LogP contribution is 2.37. The van der Waals surface area contributed by atoms with Gasteiger partial charge in [-0.05, 0) is 33.1 Å². The number of amides is 3. The first-order chi connectivity index (χ1) is 13.1. The average molecular weight is 411 g/mol. The molecule has 1 aromatic heterocycles. The smallest absolute Gasteiger partial charge is 0.328 e. The van der Waals surface area contributed by atoms with Crippen LogP contribution in [0.3, 0.4) is 0 Å². The van der Waals surface area contributed by atoms with Crippen molar-refractivity contribution in [3.05, 3.63) is 17.5 Å². The molecule has 0 spiro atoms. The number of aromatic nitrogens is 1. The molecule has 2 N–H and O–H groups in total. The average Bonchev–Trinajstić information content (AvgIpc) is 3.20. The molecule has 10 nitrogen and oxygen atoms in total. The lowest BCUT2D eigenvalue weighted by Gasteiger charge is -2.46. The van der Waals surface area contributed by atoms with E-state index in [1.165, 1.54) is 4.90 Å². The fourth-order valence-electron chi connectivity index (χ4n) is 3.88. The molecule has 3 unspecified atom stereocenters. The number of fused-ring (bicyclic) bond motifs is 1. The van der Waals surface area contributed by atoms with Crippen LogP contribution < -0.4 is 10.0 Å². The molecule has 3 atom stereocenters. The van der Waals surface area contributed by atoms with Crippen molar-refractivity contribution >= 4 is 22.0 Å². The zero-order chi connectivity index (χ0) is 20.3. The number of nitrogens with one attached hydrogen (secondary N) is 2. The Bertz CT molecular complexity index is 909. The number of urea groups is 1. The highest BCUT2D eigenvalue weighted by molar-refractivity contribution is 7.90. The van der Waals surface area contributed by atoms with Gasteiger partial charge in [-0.3, -0.25) is 15.0 Å². The first kappa shape index (κ1) is 19.3. The molecule has 1 aromatic rings. The van der Waals surface area contributed by atoms with Gasteiger partial charge in [-0.2, -0.15) is 0 Å². The summed E-state index contributed by atoms with van der Waals surface area (Å²) in [5, 5.41) is 6.13. The predicted octanol–water partition coefficient (Wildman–Crippen LogP) is 0.153. The zero-order valence-electron chi connectivity index (χ0n) is 16.1. The first-order valence-corrected chi connectivity index (χ1v) is 10.9. The summed E-state index contributed by atoms with van der Waals surface area (Å²) in [5.74, 6) is -0.636. The number of hydrogen-bond donors (Lipinski definition) is 2. The van der Waals surface area contributed by atoms with Gasteiger partial charge in [-0.15, -0.1) is 0 Å². The van der Waals surface area contributed by atoms with Crippen molar-refractivity contribution in [2.24, 2.45) is 5.92 Å². The van der Waals surface area contributed by atoms with Crippen LogP contribution in [0, 0.1) is 12.8 Å². The first-order valence-electron chi connectivity index (χ1n) is 9.36. The van der Waals surface area contributed by atoms with E-state index < -0.39 is 39.3 Å². The molecule has 0 radical (unpaired) electrons. The second kappa shape index (κ2) is 6.53. The van der Waals surface area contributed by atoms with E-state index in [9.17, 15) is 18.0 Å². The Balaban J connectivity index is 1.53. The normalized spacial score (nSPS) is 29.8. The molecule has 154 valence electrons. The molecule has 28 heavy (non-hydrogen) atoms. The van der Waals surface area contributed by atoms with Crippen LogP contribution in [0.4, 0.5) is 4.79 Å². The Kier molecular flexibility index (Phi) is 4.51. The van der Waals surface area contributed by atoms with Crippen LogP contribution >= 0.6 is 0 Å². The molecule has 3 aliphatic rings. The minimum Gasteiger partial charge on any atom is -0.359 e. The quantitative estimate of drug-likeness (QED) is 0.707. The molecule has 4 rings (SSSR count). The molecule has 2 saturated heterocycles. The fraction of sp³-hybridized carbons (Fsp3) is 0.706. The predicted molar refractivity (Wildman–Crippen MR) is 98.3 cm³/mol. The van der Waals surface area contributed by atoms with Crippen LogP contribution in [0.15, 0.2) is 10.6 Å². The van der Waals surface area contributed by atoms with E-state index >= 15 is 0 Å². The molecular formula is C17H25N5O5S. The van der Waals surface area contributed by atoms with Gasteiger partial charge in [0.2, 0.25) is 15.9 Å². The molecular weight excluding hydrogens is 386 g/mol. The summed E-state index contributed by atoms with van der Waals surface area (Å²) < 4.78 is 33.4. The third-order valence-electron chi connectivity index (χ3n) is 5.80. The Morgan fingerprint density at radius 1 is 1.39 bits per heavy atom. The van der Waals surface area contributed by atoms with Crippen LogP contribution in [-0.2, 0) is 21.4 Å². The van der Waals surface area contributed by atoms with E-state index in [2.05, 4.69) is 15.2 Å². The second-order valence-corrected chi connectivity index (χ2v) is 10.2. The van der Waals surface area contributed by atoms with Gasteiger partial charge in [0.05, 0.1) is 29.6 Å². The number of imide groups is 1. The molecule has 3 amide bonds. The number of carbonyl (C=O) groups excluding carboxylic acids is 2. The Hall–Kier alpha value is -1.98. The Labute approximate surface area is 163 Å². The highest BCUT2D eigenvalue weighted by Gasteiger charge is 2.51. The van der Waals surface area contributed by atoms with Gasteiger partial charge in [0.1, 0.15) is 0 Å². The van der Waals surface area contributed by atoms with Crippen LogP contribution in [-0.4, -0.2) is 65.9 Å². The van der Waals surface area contributed by atoms with Crippen molar-refractivity contribution < 1.29 is 22.5 Å². The van der Waals surface area contributed by atoms with Crippen molar-refractivity contribution in [3.8, 4) is 0 Å².